The first kappa shape index (κ1) is 82.0. The first-order chi connectivity index (χ1) is 43.8. The van der Waals surface area contributed by atoms with Crippen LogP contribution in [0.3, 0.4) is 0 Å². The summed E-state index contributed by atoms with van der Waals surface area (Å²) in [6, 6.07) is -0.986. The molecule has 3 rings (SSSR count). The van der Waals surface area contributed by atoms with Gasteiger partial charge in [0.1, 0.15) is 73.2 Å². The molecule has 526 valence electrons. The number of aliphatic hydroxyl groups excluding tert-OH is 11. The van der Waals surface area contributed by atoms with Crippen LogP contribution in [0.2, 0.25) is 0 Å². The number of hydrogen-bond donors (Lipinski definition) is 12. The number of rotatable bonds is 55. The van der Waals surface area contributed by atoms with E-state index in [1.807, 2.05) is 6.08 Å². The molecule has 0 radical (unpaired) electrons. The van der Waals surface area contributed by atoms with Gasteiger partial charge in [0, 0.05) is 6.42 Å². The predicted molar refractivity (Wildman–Crippen MR) is 351 cm³/mol. The summed E-state index contributed by atoms with van der Waals surface area (Å²) in [4.78, 5) is 13.3. The van der Waals surface area contributed by atoms with E-state index in [4.69, 9.17) is 28.4 Å². The molecule has 3 heterocycles. The molecule has 0 saturated carbocycles. The van der Waals surface area contributed by atoms with Crippen molar-refractivity contribution in [1.82, 2.24) is 5.32 Å². The number of ether oxygens (including phenoxy) is 6. The quantitative estimate of drug-likeness (QED) is 0.0199. The summed E-state index contributed by atoms with van der Waals surface area (Å²) >= 11 is 0. The molecule has 0 aromatic carbocycles. The molecule has 17 unspecified atom stereocenters. The van der Waals surface area contributed by atoms with Crippen molar-refractivity contribution in [1.29, 1.82) is 0 Å². The fourth-order valence-corrected chi connectivity index (χ4v) is 12.0. The van der Waals surface area contributed by atoms with Gasteiger partial charge in [-0.1, -0.05) is 249 Å². The van der Waals surface area contributed by atoms with E-state index in [2.05, 4.69) is 55.6 Å². The van der Waals surface area contributed by atoms with Crippen LogP contribution in [0, 0.1) is 0 Å². The van der Waals surface area contributed by atoms with Gasteiger partial charge in [0.25, 0.3) is 0 Å². The smallest absolute Gasteiger partial charge is 0.220 e. The number of nitrogens with one attached hydrogen (secondary N) is 1. The maximum absolute atomic E-state index is 13.3. The Kier molecular flexibility index (Phi) is 48.2. The maximum atomic E-state index is 13.3. The van der Waals surface area contributed by atoms with Crippen LogP contribution in [-0.2, 0) is 33.2 Å². The second-order valence-electron chi connectivity index (χ2n) is 25.7. The zero-order valence-electron chi connectivity index (χ0n) is 55.6. The molecular formula is C71H129NO18. The van der Waals surface area contributed by atoms with Gasteiger partial charge < -0.3 is 89.9 Å². The minimum atomic E-state index is -1.98. The molecular weight excluding hydrogens is 1150 g/mol. The van der Waals surface area contributed by atoms with Crippen LogP contribution in [0.1, 0.15) is 264 Å². The van der Waals surface area contributed by atoms with Crippen LogP contribution in [0.25, 0.3) is 0 Å². The fraction of sp³-hybridized carbons (Fsp3) is 0.873. The van der Waals surface area contributed by atoms with Gasteiger partial charge in [-0.2, -0.15) is 0 Å². The van der Waals surface area contributed by atoms with Gasteiger partial charge in [0.15, 0.2) is 18.9 Å². The van der Waals surface area contributed by atoms with Gasteiger partial charge in [-0.05, 0) is 57.8 Å². The standard InChI is InChI=1S/C71H129NO18/c1-3-5-7-9-11-13-14-15-16-17-18-19-20-21-22-23-24-25-26-27-28-29-30-31-32-33-34-35-36-37-38-39-40-41-43-45-47-49-59(77)72-54(55(76)48-46-44-42-12-10-8-6-4-2)53-85-69-65(83)62(80)67(57(51-74)87-69)90-71-66(84)63(81)68(58(52-75)88-71)89-70-64(82)61(79)60(78)56(50-73)86-70/h10,12,14-15,17-18,46,48,54-58,60-71,73-76,78-84H,3-9,11,13,16,19-45,47,49-53H2,1-2H3,(H,72,77)/b12-10+,15-14-,18-17-,48-46+. The number of hydrogen-bond acceptors (Lipinski definition) is 18. The van der Waals surface area contributed by atoms with Crippen LogP contribution in [0.4, 0.5) is 0 Å². The predicted octanol–water partition coefficient (Wildman–Crippen LogP) is 9.78. The summed E-state index contributed by atoms with van der Waals surface area (Å²) in [5, 5.41) is 120. The number of aliphatic hydroxyl groups is 11. The Labute approximate surface area is 542 Å². The van der Waals surface area contributed by atoms with Crippen LogP contribution in [0.15, 0.2) is 48.6 Å². The average molecular weight is 1280 g/mol. The molecule has 0 spiro atoms. The number of amides is 1. The Morgan fingerprint density at radius 2 is 0.756 bits per heavy atom. The van der Waals surface area contributed by atoms with Crippen molar-refractivity contribution < 1.29 is 89.4 Å². The lowest BCUT2D eigenvalue weighted by Crippen LogP contribution is -2.66. The highest BCUT2D eigenvalue weighted by Gasteiger charge is 2.53. The molecule has 0 aromatic heterocycles. The van der Waals surface area contributed by atoms with E-state index in [9.17, 15) is 61.0 Å². The zero-order valence-corrected chi connectivity index (χ0v) is 55.6. The summed E-state index contributed by atoms with van der Waals surface area (Å²) in [6.45, 7) is 1.62. The van der Waals surface area contributed by atoms with Gasteiger partial charge in [0.05, 0.1) is 38.6 Å². The summed E-state index contributed by atoms with van der Waals surface area (Å²) in [7, 11) is 0. The van der Waals surface area contributed by atoms with E-state index in [0.29, 0.717) is 12.8 Å². The number of carbonyl (C=O) groups excluding carboxylic acids is 1. The van der Waals surface area contributed by atoms with Gasteiger partial charge in [-0.15, -0.1) is 0 Å². The minimum Gasteiger partial charge on any atom is -0.394 e. The Bertz CT molecular complexity index is 1820. The van der Waals surface area contributed by atoms with Gasteiger partial charge in [-0.3, -0.25) is 4.79 Å². The van der Waals surface area contributed by atoms with Crippen molar-refractivity contribution in [3.8, 4) is 0 Å². The molecule has 3 aliphatic rings. The van der Waals surface area contributed by atoms with Crippen molar-refractivity contribution in [2.45, 2.75) is 369 Å². The van der Waals surface area contributed by atoms with Crippen molar-refractivity contribution in [3.63, 3.8) is 0 Å². The number of carbonyl (C=O) groups is 1. The molecule has 3 saturated heterocycles. The monoisotopic (exact) mass is 1280 g/mol. The lowest BCUT2D eigenvalue weighted by atomic mass is 9.96. The summed E-state index contributed by atoms with van der Waals surface area (Å²) in [6.07, 6.45) is 37.5. The molecule has 12 N–H and O–H groups in total. The highest BCUT2D eigenvalue weighted by molar-refractivity contribution is 5.76. The van der Waals surface area contributed by atoms with Crippen LogP contribution in [-0.4, -0.2) is 193 Å². The molecule has 0 aromatic rings. The van der Waals surface area contributed by atoms with E-state index in [-0.39, 0.29) is 18.9 Å². The number of unbranched alkanes of at least 4 members (excludes halogenated alkanes) is 33. The SMILES string of the molecule is CCCC/C=C/CC/C=C/C(O)C(COC1OC(CO)C(OC2OC(CO)C(OC3OC(CO)C(O)C(O)C3O)C(O)C2O)C(O)C1O)NC(=O)CCCCCCCCCCCCCCCCCCCCCCCCCCC/C=C\C/C=C\CCCCCCC. The fourth-order valence-electron chi connectivity index (χ4n) is 12.0. The minimum absolute atomic E-state index is 0.237. The van der Waals surface area contributed by atoms with Gasteiger partial charge >= 0.3 is 0 Å². The number of allylic oxidation sites excluding steroid dienone is 7. The first-order valence-electron chi connectivity index (χ1n) is 35.9. The third-order valence-electron chi connectivity index (χ3n) is 17.8. The largest absolute Gasteiger partial charge is 0.394 e. The molecule has 90 heavy (non-hydrogen) atoms. The highest BCUT2D eigenvalue weighted by atomic mass is 16.8. The van der Waals surface area contributed by atoms with Crippen LogP contribution in [0.5, 0.6) is 0 Å². The topological polar surface area (TPSA) is 307 Å². The summed E-state index contributed by atoms with van der Waals surface area (Å²) in [5.74, 6) is -0.286. The lowest BCUT2D eigenvalue weighted by molar-refractivity contribution is -0.379. The molecule has 17 atom stereocenters. The van der Waals surface area contributed by atoms with E-state index in [1.165, 1.54) is 180 Å². The van der Waals surface area contributed by atoms with Gasteiger partial charge in [-0.25, -0.2) is 0 Å². The third kappa shape index (κ3) is 34.4. The van der Waals surface area contributed by atoms with Crippen molar-refractivity contribution >= 4 is 5.91 Å². The molecule has 19 heteroatoms. The van der Waals surface area contributed by atoms with E-state index >= 15 is 0 Å². The molecule has 3 aliphatic heterocycles. The molecule has 1 amide bonds. The Balaban J connectivity index is 1.26. The second kappa shape index (κ2) is 53.0. The van der Waals surface area contributed by atoms with Crippen molar-refractivity contribution in [3.05, 3.63) is 48.6 Å². The lowest BCUT2D eigenvalue weighted by Gasteiger charge is -2.48. The first-order valence-corrected chi connectivity index (χ1v) is 35.9. The summed E-state index contributed by atoms with van der Waals surface area (Å²) in [5.41, 5.74) is 0. The Morgan fingerprint density at radius 1 is 0.400 bits per heavy atom. The van der Waals surface area contributed by atoms with Gasteiger partial charge in [0.2, 0.25) is 5.91 Å². The zero-order chi connectivity index (χ0) is 65.4. The Hall–Kier alpha value is -2.25. The molecule has 0 aliphatic carbocycles. The van der Waals surface area contributed by atoms with Crippen molar-refractivity contribution in [2.24, 2.45) is 0 Å². The second-order valence-corrected chi connectivity index (χ2v) is 25.7. The molecule has 19 nitrogen and oxygen atoms in total. The van der Waals surface area contributed by atoms with Crippen molar-refractivity contribution in [2.75, 3.05) is 26.4 Å². The maximum Gasteiger partial charge on any atom is 0.220 e. The van der Waals surface area contributed by atoms with E-state index < -0.39 is 124 Å². The normalized spacial score (nSPS) is 28.3. The van der Waals surface area contributed by atoms with Crippen LogP contribution < -0.4 is 5.32 Å². The average Bonchev–Trinajstić information content (AvgIpc) is 0.873. The van der Waals surface area contributed by atoms with Crippen LogP contribution >= 0.6 is 0 Å². The van der Waals surface area contributed by atoms with E-state index in [1.54, 1.807) is 6.08 Å². The molecule has 0 bridgehead atoms. The Morgan fingerprint density at radius 3 is 1.21 bits per heavy atom. The molecule has 3 fully saturated rings. The third-order valence-corrected chi connectivity index (χ3v) is 17.8. The summed E-state index contributed by atoms with van der Waals surface area (Å²) < 4.78 is 34.2. The highest BCUT2D eigenvalue weighted by Crippen LogP contribution is 2.33. The van der Waals surface area contributed by atoms with E-state index in [0.717, 1.165) is 51.4 Å².